The quantitative estimate of drug-likeness (QED) is 0.398. The smallest absolute Gasteiger partial charge is 0.269 e. The maximum absolute atomic E-state index is 12.2. The number of carbonyl (C=O) groups is 2. The van der Waals surface area contributed by atoms with Crippen molar-refractivity contribution in [2.45, 2.75) is 30.4 Å². The maximum atomic E-state index is 12.2. The molecule has 0 fully saturated rings. The van der Waals surface area contributed by atoms with Crippen molar-refractivity contribution in [1.29, 1.82) is 0 Å². The molecule has 0 aliphatic heterocycles. The molecule has 0 spiro atoms. The molecular weight excluding hydrogens is 450 g/mol. The van der Waals surface area contributed by atoms with Crippen molar-refractivity contribution in [3.05, 3.63) is 59.7 Å². The summed E-state index contributed by atoms with van der Waals surface area (Å²) >= 11 is 1.21. The van der Waals surface area contributed by atoms with Crippen molar-refractivity contribution in [1.82, 2.24) is 25.6 Å². The third-order valence-corrected chi connectivity index (χ3v) is 6.71. The number of aryl methyl sites for hydroxylation is 1. The molecule has 11 heteroatoms. The van der Waals surface area contributed by atoms with Gasteiger partial charge in [-0.3, -0.25) is 20.4 Å². The molecule has 3 aromatic rings. The molecule has 32 heavy (non-hydrogen) atoms. The van der Waals surface area contributed by atoms with Gasteiger partial charge in [-0.05, 0) is 43.7 Å². The molecule has 0 radical (unpaired) electrons. The van der Waals surface area contributed by atoms with Crippen LogP contribution in [-0.2, 0) is 21.2 Å². The highest BCUT2D eigenvalue weighted by Gasteiger charge is 2.16. The zero-order chi connectivity index (χ0) is 23.3. The van der Waals surface area contributed by atoms with E-state index in [0.29, 0.717) is 11.7 Å². The molecule has 1 heterocycles. The predicted molar refractivity (Wildman–Crippen MR) is 122 cm³/mol. The van der Waals surface area contributed by atoms with E-state index in [1.807, 2.05) is 42.7 Å². The standard InChI is InChI=1S/C21H23N5O4S2/c1-4-26-19(17-8-6-5-7-14(17)2)23-25-21(26)31-13-18(27)22-24-20(28)15-9-11-16(12-10-15)32(3,29)30/h5-12H,4,13H2,1-3H3,(H,22,27)(H,24,28). The van der Waals surface area contributed by atoms with Gasteiger partial charge < -0.3 is 4.57 Å². The van der Waals surface area contributed by atoms with Gasteiger partial charge in [-0.1, -0.05) is 36.0 Å². The van der Waals surface area contributed by atoms with Gasteiger partial charge in [0.15, 0.2) is 20.8 Å². The topological polar surface area (TPSA) is 123 Å². The van der Waals surface area contributed by atoms with E-state index >= 15 is 0 Å². The number of hydrazine groups is 1. The Bertz CT molecular complexity index is 1240. The Hall–Kier alpha value is -3.18. The summed E-state index contributed by atoms with van der Waals surface area (Å²) < 4.78 is 24.9. The third-order valence-electron chi connectivity index (χ3n) is 4.61. The van der Waals surface area contributed by atoms with E-state index in [-0.39, 0.29) is 16.2 Å². The van der Waals surface area contributed by atoms with Crippen LogP contribution in [0.5, 0.6) is 0 Å². The van der Waals surface area contributed by atoms with Crippen LogP contribution in [0, 0.1) is 6.92 Å². The molecule has 0 bridgehead atoms. The molecule has 0 saturated carbocycles. The zero-order valence-corrected chi connectivity index (χ0v) is 19.5. The number of thioether (sulfide) groups is 1. The number of benzene rings is 2. The number of hydrogen-bond acceptors (Lipinski definition) is 7. The first kappa shape index (κ1) is 23.5. The summed E-state index contributed by atoms with van der Waals surface area (Å²) in [6.45, 7) is 4.62. The number of nitrogens with zero attached hydrogens (tertiary/aromatic N) is 3. The molecule has 0 aliphatic rings. The molecule has 1 aromatic heterocycles. The van der Waals surface area contributed by atoms with Crippen molar-refractivity contribution in [2.75, 3.05) is 12.0 Å². The summed E-state index contributed by atoms with van der Waals surface area (Å²) in [7, 11) is -3.35. The minimum absolute atomic E-state index is 0.0270. The lowest BCUT2D eigenvalue weighted by molar-refractivity contribution is -0.119. The van der Waals surface area contributed by atoms with E-state index in [1.165, 1.54) is 36.0 Å². The van der Waals surface area contributed by atoms with Gasteiger partial charge in [0.25, 0.3) is 5.91 Å². The summed E-state index contributed by atoms with van der Waals surface area (Å²) in [5.41, 5.74) is 6.94. The summed E-state index contributed by atoms with van der Waals surface area (Å²) in [6.07, 6.45) is 1.09. The molecule has 2 amide bonds. The molecule has 3 rings (SSSR count). The van der Waals surface area contributed by atoms with E-state index in [2.05, 4.69) is 21.0 Å². The molecule has 0 atom stereocenters. The number of amides is 2. The second kappa shape index (κ2) is 9.96. The second-order valence-electron chi connectivity index (χ2n) is 6.95. The fourth-order valence-corrected chi connectivity index (χ4v) is 4.35. The van der Waals surface area contributed by atoms with Crippen LogP contribution in [0.1, 0.15) is 22.8 Å². The minimum Gasteiger partial charge on any atom is -0.302 e. The summed E-state index contributed by atoms with van der Waals surface area (Å²) in [4.78, 5) is 24.5. The van der Waals surface area contributed by atoms with Crippen LogP contribution >= 0.6 is 11.8 Å². The van der Waals surface area contributed by atoms with Gasteiger partial charge in [-0.15, -0.1) is 10.2 Å². The molecule has 9 nitrogen and oxygen atoms in total. The fraction of sp³-hybridized carbons (Fsp3) is 0.238. The second-order valence-corrected chi connectivity index (χ2v) is 9.91. The summed E-state index contributed by atoms with van der Waals surface area (Å²) in [5, 5.41) is 9.09. The SMILES string of the molecule is CCn1c(SCC(=O)NNC(=O)c2ccc(S(C)(=O)=O)cc2)nnc1-c1ccccc1C. The lowest BCUT2D eigenvalue weighted by atomic mass is 10.1. The van der Waals surface area contributed by atoms with Crippen LogP contribution < -0.4 is 10.9 Å². The Balaban J connectivity index is 1.57. The highest BCUT2D eigenvalue weighted by Crippen LogP contribution is 2.26. The summed E-state index contributed by atoms with van der Waals surface area (Å²) in [6, 6.07) is 13.3. The van der Waals surface area contributed by atoms with Gasteiger partial charge >= 0.3 is 0 Å². The Morgan fingerprint density at radius 2 is 1.72 bits per heavy atom. The monoisotopic (exact) mass is 473 g/mol. The number of carbonyl (C=O) groups excluding carboxylic acids is 2. The van der Waals surface area contributed by atoms with Gasteiger partial charge in [0, 0.05) is 23.9 Å². The molecule has 2 aromatic carbocycles. The van der Waals surface area contributed by atoms with Crippen LogP contribution in [-0.4, -0.2) is 47.0 Å². The highest BCUT2D eigenvalue weighted by atomic mass is 32.2. The highest BCUT2D eigenvalue weighted by molar-refractivity contribution is 7.99. The van der Waals surface area contributed by atoms with Crippen LogP contribution in [0.3, 0.4) is 0 Å². The number of nitrogens with one attached hydrogen (secondary N) is 2. The minimum atomic E-state index is -3.35. The van der Waals surface area contributed by atoms with Gasteiger partial charge in [-0.2, -0.15) is 0 Å². The van der Waals surface area contributed by atoms with Crippen molar-refractivity contribution in [3.63, 3.8) is 0 Å². The Labute approximate surface area is 190 Å². The van der Waals surface area contributed by atoms with Crippen LogP contribution in [0.15, 0.2) is 58.6 Å². The third kappa shape index (κ3) is 5.54. The number of rotatable bonds is 7. The molecule has 0 unspecified atom stereocenters. The van der Waals surface area contributed by atoms with E-state index in [1.54, 1.807) is 0 Å². The van der Waals surface area contributed by atoms with Gasteiger partial charge in [0.05, 0.1) is 10.6 Å². The number of aromatic nitrogens is 3. The Kier molecular flexibility index (Phi) is 7.31. The lowest BCUT2D eigenvalue weighted by Gasteiger charge is -2.10. The molecular formula is C21H23N5O4S2. The number of sulfone groups is 1. The average molecular weight is 474 g/mol. The average Bonchev–Trinajstić information content (AvgIpc) is 3.18. The normalized spacial score (nSPS) is 11.2. The lowest BCUT2D eigenvalue weighted by Crippen LogP contribution is -2.42. The van der Waals surface area contributed by atoms with Crippen molar-refractivity contribution in [2.24, 2.45) is 0 Å². The van der Waals surface area contributed by atoms with Crippen molar-refractivity contribution < 1.29 is 18.0 Å². The molecule has 168 valence electrons. The summed E-state index contributed by atoms with van der Waals surface area (Å²) in [5.74, 6) is -0.209. The predicted octanol–water partition coefficient (Wildman–Crippen LogP) is 2.23. The molecule has 0 saturated heterocycles. The Morgan fingerprint density at radius 3 is 2.34 bits per heavy atom. The molecule has 2 N–H and O–H groups in total. The van der Waals surface area contributed by atoms with Gasteiger partial charge in [0.1, 0.15) is 0 Å². The van der Waals surface area contributed by atoms with E-state index < -0.39 is 21.7 Å². The zero-order valence-electron chi connectivity index (χ0n) is 17.8. The van der Waals surface area contributed by atoms with E-state index in [0.717, 1.165) is 23.2 Å². The first-order chi connectivity index (χ1) is 15.2. The first-order valence-corrected chi connectivity index (χ1v) is 12.6. The van der Waals surface area contributed by atoms with Crippen LogP contribution in [0.4, 0.5) is 0 Å². The first-order valence-electron chi connectivity index (χ1n) is 9.72. The van der Waals surface area contributed by atoms with E-state index in [9.17, 15) is 18.0 Å². The largest absolute Gasteiger partial charge is 0.302 e. The van der Waals surface area contributed by atoms with Crippen molar-refractivity contribution in [3.8, 4) is 11.4 Å². The number of hydrogen-bond donors (Lipinski definition) is 2. The van der Waals surface area contributed by atoms with E-state index in [4.69, 9.17) is 0 Å². The van der Waals surface area contributed by atoms with Gasteiger partial charge in [-0.25, -0.2) is 8.42 Å². The van der Waals surface area contributed by atoms with Crippen LogP contribution in [0.2, 0.25) is 0 Å². The van der Waals surface area contributed by atoms with Crippen molar-refractivity contribution >= 4 is 33.4 Å². The Morgan fingerprint density at radius 1 is 1.03 bits per heavy atom. The van der Waals surface area contributed by atoms with Crippen LogP contribution in [0.25, 0.3) is 11.4 Å². The molecule has 0 aliphatic carbocycles. The van der Waals surface area contributed by atoms with Gasteiger partial charge in [0.2, 0.25) is 5.91 Å². The fourth-order valence-electron chi connectivity index (χ4n) is 2.92. The maximum Gasteiger partial charge on any atom is 0.269 e.